The highest BCUT2D eigenvalue weighted by Crippen LogP contribution is 2.07. The highest BCUT2D eigenvalue weighted by Gasteiger charge is 2.25. The van der Waals surface area contributed by atoms with E-state index in [2.05, 4.69) is 21.2 Å². The fourth-order valence-corrected chi connectivity index (χ4v) is 1.61. The lowest BCUT2D eigenvalue weighted by Gasteiger charge is -2.22. The molecule has 0 aromatic carbocycles. The van der Waals surface area contributed by atoms with E-state index >= 15 is 0 Å². The lowest BCUT2D eigenvalue weighted by atomic mass is 9.99. The van der Waals surface area contributed by atoms with E-state index in [1.54, 1.807) is 19.1 Å². The molecule has 0 spiro atoms. The number of pyridine rings is 1. The van der Waals surface area contributed by atoms with Gasteiger partial charge in [0.05, 0.1) is 0 Å². The molecule has 0 aliphatic carbocycles. The molecule has 5 N–H and O–H groups in total. The number of rotatable bonds is 5. The maximum atomic E-state index is 12.0. The van der Waals surface area contributed by atoms with Crippen molar-refractivity contribution >= 4 is 17.8 Å². The van der Waals surface area contributed by atoms with E-state index in [4.69, 9.17) is 5.73 Å². The molecular weight excluding hydrogens is 274 g/mol. The zero-order valence-electron chi connectivity index (χ0n) is 11.9. The van der Waals surface area contributed by atoms with Crippen LogP contribution in [-0.4, -0.2) is 28.9 Å². The number of nitrogens with two attached hydrogens (primary N) is 1. The Balaban J connectivity index is 2.61. The minimum atomic E-state index is -0.823. The maximum absolute atomic E-state index is 12.0. The summed E-state index contributed by atoms with van der Waals surface area (Å²) in [7, 11) is 0. The van der Waals surface area contributed by atoms with Crippen molar-refractivity contribution in [2.75, 3.05) is 0 Å². The molecule has 0 fully saturated rings. The number of hydrogen-bond donors (Lipinski definition) is 4. The molecule has 0 radical (unpaired) electrons. The van der Waals surface area contributed by atoms with E-state index < -0.39 is 23.9 Å². The first-order valence-corrected chi connectivity index (χ1v) is 6.52. The van der Waals surface area contributed by atoms with Crippen molar-refractivity contribution in [2.45, 2.75) is 26.3 Å². The van der Waals surface area contributed by atoms with Crippen LogP contribution in [0.25, 0.3) is 0 Å². The topological polar surface area (TPSA) is 126 Å². The lowest BCUT2D eigenvalue weighted by molar-refractivity contribution is -0.124. The van der Waals surface area contributed by atoms with Crippen molar-refractivity contribution in [1.29, 1.82) is 0 Å². The van der Waals surface area contributed by atoms with Crippen LogP contribution in [0.15, 0.2) is 24.4 Å². The highest BCUT2D eigenvalue weighted by molar-refractivity contribution is 5.94. The molecule has 2 atom stereocenters. The van der Waals surface area contributed by atoms with Gasteiger partial charge in [0.25, 0.3) is 11.8 Å². The van der Waals surface area contributed by atoms with E-state index in [9.17, 15) is 14.4 Å². The monoisotopic (exact) mass is 293 g/mol. The quantitative estimate of drug-likeness (QED) is 0.566. The predicted molar refractivity (Wildman–Crippen MR) is 75.8 cm³/mol. The number of nitrogens with one attached hydrogen (secondary N) is 3. The number of urea groups is 1. The molecule has 1 aromatic rings. The second-order valence-electron chi connectivity index (χ2n) is 4.53. The van der Waals surface area contributed by atoms with E-state index in [1.807, 2.05) is 6.92 Å². The zero-order chi connectivity index (χ0) is 15.8. The number of carbonyl (C=O) groups is 3. The summed E-state index contributed by atoms with van der Waals surface area (Å²) in [5.74, 6) is -1.23. The fraction of sp³-hybridized carbons (Fsp3) is 0.385. The molecule has 8 nitrogen and oxygen atoms in total. The summed E-state index contributed by atoms with van der Waals surface area (Å²) in [6.07, 6.45) is 2.12. The Bertz CT molecular complexity index is 506. The van der Waals surface area contributed by atoms with Crippen LogP contribution in [0.3, 0.4) is 0 Å². The first-order valence-electron chi connectivity index (χ1n) is 6.52. The van der Waals surface area contributed by atoms with Gasteiger partial charge in [0, 0.05) is 6.20 Å². The Hall–Kier alpha value is -2.64. The van der Waals surface area contributed by atoms with Gasteiger partial charge in [0.15, 0.2) is 0 Å². The molecule has 1 heterocycles. The van der Waals surface area contributed by atoms with Gasteiger partial charge in [-0.2, -0.15) is 0 Å². The summed E-state index contributed by atoms with van der Waals surface area (Å²) in [5.41, 5.74) is 9.70. The molecule has 21 heavy (non-hydrogen) atoms. The Morgan fingerprint density at radius 1 is 1.29 bits per heavy atom. The summed E-state index contributed by atoms with van der Waals surface area (Å²) in [4.78, 5) is 38.5. The van der Waals surface area contributed by atoms with Crippen molar-refractivity contribution in [1.82, 2.24) is 21.2 Å². The van der Waals surface area contributed by atoms with Gasteiger partial charge in [0.2, 0.25) is 0 Å². The van der Waals surface area contributed by atoms with E-state index in [-0.39, 0.29) is 11.6 Å². The van der Waals surface area contributed by atoms with Gasteiger partial charge in [-0.3, -0.25) is 25.4 Å². The first-order chi connectivity index (χ1) is 9.95. The molecule has 8 heteroatoms. The van der Waals surface area contributed by atoms with Crippen molar-refractivity contribution in [3.63, 3.8) is 0 Å². The molecule has 4 amide bonds. The van der Waals surface area contributed by atoms with E-state index in [0.717, 1.165) is 0 Å². The summed E-state index contributed by atoms with van der Waals surface area (Å²) in [5, 5.41) is 2.35. The van der Waals surface area contributed by atoms with Gasteiger partial charge in [-0.25, -0.2) is 4.79 Å². The third-order valence-electron chi connectivity index (χ3n) is 2.99. The van der Waals surface area contributed by atoms with Crippen molar-refractivity contribution in [2.24, 2.45) is 11.7 Å². The average Bonchev–Trinajstić information content (AvgIpc) is 2.49. The Morgan fingerprint density at radius 3 is 2.52 bits per heavy atom. The number of carbonyl (C=O) groups excluding carboxylic acids is 3. The van der Waals surface area contributed by atoms with Crippen LogP contribution in [0.1, 0.15) is 30.8 Å². The van der Waals surface area contributed by atoms with Crippen LogP contribution < -0.4 is 21.9 Å². The SMILES string of the molecule is CCC(C)C(NC(N)=O)C(=O)NNC(=O)c1ccccn1. The molecule has 0 saturated heterocycles. The third kappa shape index (κ3) is 5.09. The van der Waals surface area contributed by atoms with Crippen molar-refractivity contribution in [3.8, 4) is 0 Å². The standard InChI is InChI=1S/C13H19N5O3/c1-3-8(2)10(16-13(14)21)12(20)18-17-11(19)9-6-4-5-7-15-9/h4-8,10H,3H2,1-2H3,(H,17,19)(H,18,20)(H3,14,16,21). The van der Waals surface area contributed by atoms with Crippen molar-refractivity contribution < 1.29 is 14.4 Å². The molecule has 0 saturated carbocycles. The number of amides is 4. The van der Waals surface area contributed by atoms with Crippen molar-refractivity contribution in [3.05, 3.63) is 30.1 Å². The molecule has 0 bridgehead atoms. The Kier molecular flexibility index (Phi) is 6.12. The van der Waals surface area contributed by atoms with Crippen LogP contribution in [0.4, 0.5) is 4.79 Å². The van der Waals surface area contributed by atoms with Gasteiger partial charge in [-0.05, 0) is 18.1 Å². The van der Waals surface area contributed by atoms with Gasteiger partial charge in [0.1, 0.15) is 11.7 Å². The molecule has 2 unspecified atom stereocenters. The summed E-state index contributed by atoms with van der Waals surface area (Å²) >= 11 is 0. The largest absolute Gasteiger partial charge is 0.352 e. The Labute approximate surface area is 122 Å². The van der Waals surface area contributed by atoms with Gasteiger partial charge in [-0.15, -0.1) is 0 Å². The van der Waals surface area contributed by atoms with Crippen LogP contribution in [0.2, 0.25) is 0 Å². The normalized spacial score (nSPS) is 12.9. The average molecular weight is 293 g/mol. The highest BCUT2D eigenvalue weighted by atomic mass is 16.2. The van der Waals surface area contributed by atoms with Crippen LogP contribution in [0, 0.1) is 5.92 Å². The number of primary amides is 1. The molecule has 0 aliphatic rings. The number of hydrazine groups is 1. The van der Waals surface area contributed by atoms with Crippen LogP contribution in [0.5, 0.6) is 0 Å². The van der Waals surface area contributed by atoms with Gasteiger partial charge < -0.3 is 11.1 Å². The minimum absolute atomic E-state index is 0.135. The van der Waals surface area contributed by atoms with Crippen LogP contribution in [-0.2, 0) is 4.79 Å². The van der Waals surface area contributed by atoms with Gasteiger partial charge in [-0.1, -0.05) is 26.3 Å². The minimum Gasteiger partial charge on any atom is -0.352 e. The fourth-order valence-electron chi connectivity index (χ4n) is 1.61. The van der Waals surface area contributed by atoms with E-state index in [0.29, 0.717) is 6.42 Å². The molecule has 1 aromatic heterocycles. The predicted octanol–water partition coefficient (Wildman–Crippen LogP) is -0.0744. The second-order valence-corrected chi connectivity index (χ2v) is 4.53. The summed E-state index contributed by atoms with van der Waals surface area (Å²) in [6, 6.07) is 3.21. The number of nitrogens with zero attached hydrogens (tertiary/aromatic N) is 1. The lowest BCUT2D eigenvalue weighted by Crippen LogP contribution is -2.55. The number of aromatic nitrogens is 1. The molecule has 0 aliphatic heterocycles. The molecule has 1 rings (SSSR count). The molecule has 114 valence electrons. The third-order valence-corrected chi connectivity index (χ3v) is 2.99. The van der Waals surface area contributed by atoms with Gasteiger partial charge >= 0.3 is 6.03 Å². The maximum Gasteiger partial charge on any atom is 0.312 e. The summed E-state index contributed by atoms with van der Waals surface area (Å²) < 4.78 is 0. The number of hydrogen-bond acceptors (Lipinski definition) is 4. The summed E-state index contributed by atoms with van der Waals surface area (Å²) in [6.45, 7) is 3.67. The van der Waals surface area contributed by atoms with Crippen LogP contribution >= 0.6 is 0 Å². The smallest absolute Gasteiger partial charge is 0.312 e. The first kappa shape index (κ1) is 16.4. The molecular formula is C13H19N5O3. The second kappa shape index (κ2) is 7.83. The van der Waals surface area contributed by atoms with E-state index in [1.165, 1.54) is 12.3 Å². The Morgan fingerprint density at radius 2 is 2.00 bits per heavy atom. The zero-order valence-corrected chi connectivity index (χ0v) is 11.9.